The van der Waals surface area contributed by atoms with Crippen LogP contribution in [0.1, 0.15) is 8.44 Å². The van der Waals surface area contributed by atoms with E-state index in [9.17, 15) is 9.59 Å². The Bertz CT molecular complexity index is 791. The van der Waals surface area contributed by atoms with Gasteiger partial charge in [-0.15, -0.1) is 11.3 Å². The molecule has 110 valence electrons. The number of carbonyl (C=O) groups is 1. The zero-order chi connectivity index (χ0) is 16.6. The van der Waals surface area contributed by atoms with E-state index in [1.165, 1.54) is 28.6 Å². The van der Waals surface area contributed by atoms with Crippen LogP contribution in [0.25, 0.3) is 0 Å². The van der Waals surface area contributed by atoms with Crippen LogP contribution in [-0.4, -0.2) is 34.8 Å². The van der Waals surface area contributed by atoms with Crippen LogP contribution >= 0.6 is 11.3 Å². The molecule has 0 aliphatic carbocycles. The SMILES string of the molecule is [2H]C([2H])(c1csc(N2C[C@H](CN)OC2=O)n1)n1ccccc1=O. The quantitative estimate of drug-likeness (QED) is 0.895. The normalized spacial score (nSPS) is 20.1. The second-order valence-corrected chi connectivity index (χ2v) is 5.22. The fraction of sp³-hybridized carbons (Fsp3) is 0.308. The summed E-state index contributed by atoms with van der Waals surface area (Å²) in [6.45, 7) is -1.64. The summed E-state index contributed by atoms with van der Waals surface area (Å²) in [6, 6.07) is 4.37. The molecule has 8 heteroatoms. The number of ether oxygens (including phenoxy) is 1. The van der Waals surface area contributed by atoms with E-state index in [1.54, 1.807) is 6.07 Å². The summed E-state index contributed by atoms with van der Waals surface area (Å²) in [5.74, 6) is 0. The number of rotatable bonds is 4. The maximum atomic E-state index is 11.8. The van der Waals surface area contributed by atoms with Gasteiger partial charge in [-0.3, -0.25) is 4.79 Å². The maximum absolute atomic E-state index is 11.8. The van der Waals surface area contributed by atoms with Crippen LogP contribution in [0, 0.1) is 0 Å². The van der Waals surface area contributed by atoms with Gasteiger partial charge in [-0.2, -0.15) is 0 Å². The smallest absolute Gasteiger partial charge is 0.416 e. The van der Waals surface area contributed by atoms with Gasteiger partial charge in [0.1, 0.15) is 6.10 Å². The lowest BCUT2D eigenvalue weighted by molar-refractivity contribution is 0.145. The number of anilines is 1. The molecule has 0 spiro atoms. The standard InChI is InChI=1S/C13H14N4O3S/c14-5-10-7-17(13(19)20-10)12-15-9(8-21-12)6-16-4-2-1-3-11(16)18/h1-4,8,10H,5-7,14H2/t10-/m0/s1/i6D2. The second kappa shape index (κ2) is 5.66. The number of nitrogens with zero attached hydrogens (tertiary/aromatic N) is 3. The Balaban J connectivity index is 1.92. The van der Waals surface area contributed by atoms with Gasteiger partial charge in [0.15, 0.2) is 5.13 Å². The molecule has 0 bridgehead atoms. The number of thiazole rings is 1. The van der Waals surface area contributed by atoms with Crippen molar-refractivity contribution in [3.05, 3.63) is 45.8 Å². The van der Waals surface area contributed by atoms with Crippen molar-refractivity contribution in [1.29, 1.82) is 0 Å². The van der Waals surface area contributed by atoms with Gasteiger partial charge in [0.2, 0.25) is 0 Å². The van der Waals surface area contributed by atoms with Crippen molar-refractivity contribution >= 4 is 22.6 Å². The molecule has 2 aromatic heterocycles. The van der Waals surface area contributed by atoms with E-state index in [2.05, 4.69) is 4.98 Å². The summed E-state index contributed by atoms with van der Waals surface area (Å²) in [5.41, 5.74) is 5.06. The number of carbonyl (C=O) groups excluding carboxylic acids is 1. The summed E-state index contributed by atoms with van der Waals surface area (Å²) >= 11 is 1.11. The fourth-order valence-corrected chi connectivity index (χ4v) is 2.63. The maximum Gasteiger partial charge on any atom is 0.416 e. The van der Waals surface area contributed by atoms with Gasteiger partial charge >= 0.3 is 6.09 Å². The highest BCUT2D eigenvalue weighted by Crippen LogP contribution is 2.25. The van der Waals surface area contributed by atoms with E-state index in [-0.39, 0.29) is 18.8 Å². The number of nitrogens with two attached hydrogens (primary N) is 1. The third kappa shape index (κ3) is 2.81. The van der Waals surface area contributed by atoms with E-state index in [4.69, 9.17) is 13.2 Å². The highest BCUT2D eigenvalue weighted by Gasteiger charge is 2.33. The Labute approximate surface area is 127 Å². The largest absolute Gasteiger partial charge is 0.443 e. The molecule has 21 heavy (non-hydrogen) atoms. The zero-order valence-electron chi connectivity index (χ0n) is 12.9. The van der Waals surface area contributed by atoms with E-state index >= 15 is 0 Å². The first-order valence-corrected chi connectivity index (χ1v) is 7.14. The predicted octanol–water partition coefficient (Wildman–Crippen LogP) is 0.637. The van der Waals surface area contributed by atoms with Crippen molar-refractivity contribution in [3.63, 3.8) is 0 Å². The summed E-state index contributed by atoms with van der Waals surface area (Å²) < 4.78 is 22.4. The molecule has 0 aromatic carbocycles. The molecule has 0 saturated carbocycles. The van der Waals surface area contributed by atoms with Crippen LogP contribution in [-0.2, 0) is 11.2 Å². The van der Waals surface area contributed by atoms with Crippen molar-refractivity contribution in [1.82, 2.24) is 9.55 Å². The van der Waals surface area contributed by atoms with Crippen LogP contribution in [0.5, 0.6) is 0 Å². The van der Waals surface area contributed by atoms with Crippen molar-refractivity contribution < 1.29 is 12.3 Å². The minimum Gasteiger partial charge on any atom is -0.443 e. The molecule has 0 unspecified atom stereocenters. The lowest BCUT2D eigenvalue weighted by Crippen LogP contribution is -2.27. The van der Waals surface area contributed by atoms with Crippen LogP contribution in [0.3, 0.4) is 0 Å². The number of amides is 1. The van der Waals surface area contributed by atoms with Gasteiger partial charge in [-0.1, -0.05) is 6.07 Å². The summed E-state index contributed by atoms with van der Waals surface area (Å²) in [6.07, 6.45) is 0.401. The number of aromatic nitrogens is 2. The van der Waals surface area contributed by atoms with Gasteiger partial charge in [-0.25, -0.2) is 14.7 Å². The van der Waals surface area contributed by atoms with Crippen LogP contribution in [0.4, 0.5) is 9.93 Å². The predicted molar refractivity (Wildman–Crippen MR) is 78.6 cm³/mol. The molecule has 1 atom stereocenters. The zero-order valence-corrected chi connectivity index (χ0v) is 11.7. The number of hydrogen-bond donors (Lipinski definition) is 1. The van der Waals surface area contributed by atoms with Gasteiger partial charge < -0.3 is 15.0 Å². The van der Waals surface area contributed by atoms with Gasteiger partial charge in [0, 0.05) is 24.2 Å². The molecule has 1 aliphatic rings. The Morgan fingerprint density at radius 1 is 1.52 bits per heavy atom. The first kappa shape index (κ1) is 11.5. The molecule has 0 radical (unpaired) electrons. The molecule has 3 rings (SSSR count). The van der Waals surface area contributed by atoms with Gasteiger partial charge in [0.05, 0.1) is 21.5 Å². The van der Waals surface area contributed by atoms with E-state index in [1.807, 2.05) is 0 Å². The summed E-state index contributed by atoms with van der Waals surface area (Å²) in [7, 11) is 0. The van der Waals surface area contributed by atoms with Gasteiger partial charge in [0.25, 0.3) is 5.56 Å². The van der Waals surface area contributed by atoms with Crippen molar-refractivity contribution in [2.45, 2.75) is 12.6 Å². The average Bonchev–Trinajstić information content (AvgIpc) is 3.14. The number of pyridine rings is 1. The van der Waals surface area contributed by atoms with E-state index in [0.29, 0.717) is 5.13 Å². The molecule has 3 heterocycles. The molecule has 1 aliphatic heterocycles. The van der Waals surface area contributed by atoms with Crippen molar-refractivity contribution in [3.8, 4) is 0 Å². The topological polar surface area (TPSA) is 90.4 Å². The molecule has 2 N–H and O–H groups in total. The number of cyclic esters (lactones) is 1. The minimum atomic E-state index is -2.12. The Hall–Kier alpha value is -2.19. The molecule has 1 amide bonds. The van der Waals surface area contributed by atoms with Crippen molar-refractivity contribution in [2.75, 3.05) is 18.0 Å². The monoisotopic (exact) mass is 308 g/mol. The summed E-state index contributed by atoms with van der Waals surface area (Å²) in [4.78, 5) is 29.1. The highest BCUT2D eigenvalue weighted by molar-refractivity contribution is 7.14. The molecular weight excluding hydrogens is 292 g/mol. The Kier molecular flexibility index (Phi) is 3.09. The summed E-state index contributed by atoms with van der Waals surface area (Å²) in [5, 5.41) is 1.80. The van der Waals surface area contributed by atoms with Crippen LogP contribution < -0.4 is 16.2 Å². The van der Waals surface area contributed by atoms with E-state index in [0.717, 1.165) is 15.9 Å². The Morgan fingerprint density at radius 3 is 3.10 bits per heavy atom. The lowest BCUT2D eigenvalue weighted by Gasteiger charge is -2.07. The molecule has 2 aromatic rings. The molecule has 7 nitrogen and oxygen atoms in total. The molecule has 1 saturated heterocycles. The number of hydrogen-bond acceptors (Lipinski definition) is 6. The third-order valence-electron chi connectivity index (χ3n) is 2.92. The average molecular weight is 308 g/mol. The molecule has 1 fully saturated rings. The fourth-order valence-electron chi connectivity index (χ4n) is 1.88. The van der Waals surface area contributed by atoms with Crippen LogP contribution in [0.2, 0.25) is 0 Å². The van der Waals surface area contributed by atoms with E-state index < -0.39 is 24.3 Å². The first-order valence-electron chi connectivity index (χ1n) is 7.26. The Morgan fingerprint density at radius 2 is 2.38 bits per heavy atom. The van der Waals surface area contributed by atoms with Crippen molar-refractivity contribution in [2.24, 2.45) is 5.73 Å². The second-order valence-electron chi connectivity index (χ2n) is 4.39. The lowest BCUT2D eigenvalue weighted by atomic mass is 10.3. The van der Waals surface area contributed by atoms with Crippen LogP contribution in [0.15, 0.2) is 34.6 Å². The minimum absolute atomic E-state index is 0.0507. The van der Waals surface area contributed by atoms with Gasteiger partial charge in [-0.05, 0) is 6.07 Å². The third-order valence-corrected chi connectivity index (χ3v) is 3.78. The molecular formula is C13H14N4O3S. The highest BCUT2D eigenvalue weighted by atomic mass is 32.1. The first-order chi connectivity index (χ1) is 10.9.